The van der Waals surface area contributed by atoms with Gasteiger partial charge < -0.3 is 30.5 Å². The zero-order chi connectivity index (χ0) is 15.5. The quantitative estimate of drug-likeness (QED) is 0.474. The Kier molecular flexibility index (Phi) is 11.7. The van der Waals surface area contributed by atoms with Gasteiger partial charge in [0.05, 0.1) is 0 Å². The molecule has 128 valence electrons. The Labute approximate surface area is 173 Å². The summed E-state index contributed by atoms with van der Waals surface area (Å²) in [5, 5.41) is 0. The molecule has 1 aliphatic rings. The molecule has 0 amide bonds. The van der Waals surface area contributed by atoms with Crippen LogP contribution in [0.25, 0.3) is 11.8 Å². The first-order valence-corrected chi connectivity index (χ1v) is 7.29. The first kappa shape index (κ1) is 25.5. The van der Waals surface area contributed by atoms with Gasteiger partial charge in [0.25, 0.3) is 0 Å². The van der Waals surface area contributed by atoms with E-state index >= 15 is 0 Å². The second-order valence-electron chi connectivity index (χ2n) is 6.41. The average molecular weight is 396 g/mol. The fourth-order valence-electron chi connectivity index (χ4n) is 2.36. The Hall–Kier alpha value is -0.696. The van der Waals surface area contributed by atoms with Gasteiger partial charge in [-0.25, -0.2) is 0 Å². The van der Waals surface area contributed by atoms with Gasteiger partial charge in [-0.2, -0.15) is 18.6 Å². The molecule has 0 bridgehead atoms. The maximum absolute atomic E-state index is 6.94. The molecule has 0 heterocycles. The Morgan fingerprint density at radius 2 is 1.33 bits per heavy atom. The summed E-state index contributed by atoms with van der Waals surface area (Å²) < 4.78 is 0. The summed E-state index contributed by atoms with van der Waals surface area (Å²) in [6.07, 6.45) is 4.46. The molecule has 1 N–H and O–H groups in total. The van der Waals surface area contributed by atoms with Crippen LogP contribution in [0.4, 0.5) is 0 Å². The molecule has 0 aliphatic heterocycles. The van der Waals surface area contributed by atoms with Gasteiger partial charge in [0, 0.05) is 0 Å². The van der Waals surface area contributed by atoms with E-state index in [0.29, 0.717) is 5.92 Å². The third kappa shape index (κ3) is 7.46. The largest absolute Gasteiger partial charge is 2.00 e. The van der Waals surface area contributed by atoms with Gasteiger partial charge in [-0.15, -0.1) is 23.2 Å². The van der Waals surface area contributed by atoms with Crippen molar-refractivity contribution >= 4 is 6.08 Å². The first-order chi connectivity index (χ1) is 9.86. The van der Waals surface area contributed by atoms with Gasteiger partial charge in [0.15, 0.2) is 0 Å². The summed E-state index contributed by atoms with van der Waals surface area (Å²) in [4.78, 5) is 0. The van der Waals surface area contributed by atoms with Gasteiger partial charge in [-0.1, -0.05) is 63.3 Å². The molecule has 1 unspecified atom stereocenters. The van der Waals surface area contributed by atoms with E-state index in [2.05, 4.69) is 61.5 Å². The molecule has 1 nitrogen and oxygen atoms in total. The third-order valence-corrected chi connectivity index (χ3v) is 3.19. The minimum Gasteiger partial charge on any atom is -1.00 e. The van der Waals surface area contributed by atoms with Crippen molar-refractivity contribution < 1.29 is 46.5 Å². The van der Waals surface area contributed by atoms with Crippen LogP contribution in [-0.2, 0) is 21.7 Å². The Balaban J connectivity index is 0. The molecule has 2 aromatic carbocycles. The van der Waals surface area contributed by atoms with Crippen LogP contribution in [-0.4, -0.2) is 5.54 Å². The normalized spacial score (nSPS) is 14.1. The maximum atomic E-state index is 6.94. The number of hydrogen-bond donors (Lipinski definition) is 0. The zero-order valence-corrected chi connectivity index (χ0v) is 17.4. The zero-order valence-electron chi connectivity index (χ0n) is 14.3. The fourth-order valence-corrected chi connectivity index (χ4v) is 2.36. The number of fused-ring (bicyclic) bond motifs is 1. The van der Waals surface area contributed by atoms with Crippen LogP contribution in [0.5, 0.6) is 0 Å². The molecule has 1 aliphatic carbocycles. The molecule has 4 heteroatoms. The van der Waals surface area contributed by atoms with Gasteiger partial charge in [0.1, 0.15) is 0 Å². The summed E-state index contributed by atoms with van der Waals surface area (Å²) in [6, 6.07) is 16.9. The monoisotopic (exact) mass is 395 g/mol. The number of hydrogen-bond acceptors (Lipinski definition) is 0. The Morgan fingerprint density at radius 3 is 1.88 bits per heavy atom. The molecule has 3 rings (SSSR count). The molecular weight excluding hydrogens is 373 g/mol. The molecule has 2 aromatic rings. The van der Waals surface area contributed by atoms with E-state index in [1.807, 2.05) is 26.8 Å². The van der Waals surface area contributed by atoms with Crippen molar-refractivity contribution in [3.63, 3.8) is 0 Å². The second-order valence-corrected chi connectivity index (χ2v) is 6.41. The molecular formula is C20H23Cl2NTi-2. The number of halogens is 2. The number of nitrogens with one attached hydrogen (secondary N) is 1. The molecule has 24 heavy (non-hydrogen) atoms. The number of rotatable bonds is 1. The second kappa shape index (κ2) is 11.0. The van der Waals surface area contributed by atoms with E-state index in [1.54, 1.807) is 0 Å². The summed E-state index contributed by atoms with van der Waals surface area (Å²) in [5.41, 5.74) is 11.8. The summed E-state index contributed by atoms with van der Waals surface area (Å²) in [5.74, 6) is 0.380. The van der Waals surface area contributed by atoms with Crippen molar-refractivity contribution in [2.75, 3.05) is 0 Å². The summed E-state index contributed by atoms with van der Waals surface area (Å²) in [6.45, 7) is 9.67. The maximum Gasteiger partial charge on any atom is 2.00 e. The van der Waals surface area contributed by atoms with Crippen molar-refractivity contribution in [1.82, 2.24) is 0 Å². The molecule has 0 saturated carbocycles. The minimum atomic E-state index is -0.250. The molecule has 0 saturated heterocycles. The van der Waals surface area contributed by atoms with Gasteiger partial charge in [-0.3, -0.25) is 0 Å². The molecule has 0 fully saturated rings. The fraction of sp³-hybridized carbons (Fsp3) is 0.250. The van der Waals surface area contributed by atoms with Crippen LogP contribution < -0.4 is 24.8 Å². The van der Waals surface area contributed by atoms with Gasteiger partial charge in [0.2, 0.25) is 0 Å². The van der Waals surface area contributed by atoms with Crippen molar-refractivity contribution in [3.05, 3.63) is 89.5 Å². The van der Waals surface area contributed by atoms with Crippen LogP contribution >= 0.6 is 0 Å². The SMILES string of the molecule is CC(C)(C)[NH-].[CH2-]c1ccccc1C1C=Cc2ccccc21.[Cl-].[Cl-].[Ti+2]. The van der Waals surface area contributed by atoms with Crippen LogP contribution in [0, 0.1) is 6.92 Å². The number of allylic oxidation sites excluding steroid dienone is 1. The van der Waals surface area contributed by atoms with E-state index in [9.17, 15) is 0 Å². The average Bonchev–Trinajstić information content (AvgIpc) is 2.81. The Morgan fingerprint density at radius 1 is 0.875 bits per heavy atom. The van der Waals surface area contributed by atoms with Crippen molar-refractivity contribution in [3.8, 4) is 0 Å². The van der Waals surface area contributed by atoms with E-state index in [-0.39, 0.29) is 52.1 Å². The Bertz CT molecular complexity index is 642. The van der Waals surface area contributed by atoms with Crippen LogP contribution in [0.1, 0.15) is 48.9 Å². The molecule has 0 spiro atoms. The van der Waals surface area contributed by atoms with Crippen LogP contribution in [0.15, 0.2) is 54.6 Å². The van der Waals surface area contributed by atoms with E-state index in [0.717, 1.165) is 5.56 Å². The minimum absolute atomic E-state index is 0. The molecule has 0 radical (unpaired) electrons. The van der Waals surface area contributed by atoms with E-state index < -0.39 is 0 Å². The van der Waals surface area contributed by atoms with Crippen LogP contribution in [0.2, 0.25) is 0 Å². The topological polar surface area (TPSA) is 23.8 Å². The van der Waals surface area contributed by atoms with Crippen molar-refractivity contribution in [2.24, 2.45) is 0 Å². The van der Waals surface area contributed by atoms with E-state index in [4.69, 9.17) is 5.73 Å². The van der Waals surface area contributed by atoms with Crippen molar-refractivity contribution in [1.29, 1.82) is 0 Å². The predicted octanol–water partition coefficient (Wildman–Crippen LogP) is -0.130. The van der Waals surface area contributed by atoms with Crippen molar-refractivity contribution in [2.45, 2.75) is 32.2 Å². The number of benzene rings is 2. The molecule has 1 atom stereocenters. The molecule has 0 aromatic heterocycles. The van der Waals surface area contributed by atoms with Crippen LogP contribution in [0.3, 0.4) is 0 Å². The van der Waals surface area contributed by atoms with Gasteiger partial charge in [-0.05, 0) is 17.0 Å². The third-order valence-electron chi connectivity index (χ3n) is 3.19. The smallest absolute Gasteiger partial charge is 1.00 e. The first-order valence-electron chi connectivity index (χ1n) is 7.29. The summed E-state index contributed by atoms with van der Waals surface area (Å²) >= 11 is 0. The summed E-state index contributed by atoms with van der Waals surface area (Å²) in [7, 11) is 0. The van der Waals surface area contributed by atoms with Gasteiger partial charge >= 0.3 is 21.7 Å². The standard InChI is InChI=1S/C16H13.C4H10N.2ClH.Ti/c1-12-6-2-4-8-14(12)16-11-10-13-7-3-5-9-15(13)16;1-4(2,3)5;;;/h2-11,16H,1H2;5H,1-3H3;2*1H;/q2*-1;;;+2/p-2. The predicted molar refractivity (Wildman–Crippen MR) is 92.3 cm³/mol. The van der Waals surface area contributed by atoms with E-state index in [1.165, 1.54) is 16.7 Å².